The molecule has 1 saturated heterocycles. The summed E-state index contributed by atoms with van der Waals surface area (Å²) in [7, 11) is 0. The Morgan fingerprint density at radius 2 is 1.95 bits per heavy atom. The monoisotopic (exact) mass is 288 g/mol. The quantitative estimate of drug-likeness (QED) is 0.863. The maximum absolute atomic E-state index is 12.6. The van der Waals surface area contributed by atoms with Gasteiger partial charge in [0.2, 0.25) is 5.91 Å². The van der Waals surface area contributed by atoms with E-state index in [0.29, 0.717) is 5.92 Å². The van der Waals surface area contributed by atoms with Crippen LogP contribution in [-0.4, -0.2) is 41.1 Å². The molecule has 21 heavy (non-hydrogen) atoms. The van der Waals surface area contributed by atoms with Gasteiger partial charge in [-0.25, -0.2) is 0 Å². The lowest BCUT2D eigenvalue weighted by Gasteiger charge is -2.36. The van der Waals surface area contributed by atoms with Crippen LogP contribution in [0.5, 0.6) is 0 Å². The van der Waals surface area contributed by atoms with Crippen molar-refractivity contribution in [3.63, 3.8) is 0 Å². The van der Waals surface area contributed by atoms with Gasteiger partial charge in [-0.1, -0.05) is 24.3 Å². The molecule has 4 nitrogen and oxygen atoms in total. The van der Waals surface area contributed by atoms with Crippen LogP contribution >= 0.6 is 0 Å². The molecule has 2 aliphatic rings. The number of rotatable bonds is 2. The number of fused-ring (bicyclic) bond motifs is 1. The van der Waals surface area contributed by atoms with E-state index in [9.17, 15) is 9.90 Å². The Morgan fingerprint density at radius 3 is 2.62 bits per heavy atom. The van der Waals surface area contributed by atoms with E-state index in [1.807, 2.05) is 24.0 Å². The third-order valence-corrected chi connectivity index (χ3v) is 4.91. The van der Waals surface area contributed by atoms with Gasteiger partial charge < -0.3 is 15.3 Å². The number of benzene rings is 1. The molecular weight excluding hydrogens is 264 g/mol. The van der Waals surface area contributed by atoms with Crippen LogP contribution in [0, 0.1) is 5.92 Å². The topological polar surface area (TPSA) is 52.6 Å². The molecule has 1 aromatic carbocycles. The smallest absolute Gasteiger partial charge is 0.240 e. The number of carbonyl (C=O) groups excluding carboxylic acids is 1. The predicted molar refractivity (Wildman–Crippen MR) is 81.8 cm³/mol. The minimum Gasteiger partial charge on any atom is -0.393 e. The molecule has 1 fully saturated rings. The van der Waals surface area contributed by atoms with Gasteiger partial charge in [0.15, 0.2) is 0 Å². The Kier molecular flexibility index (Phi) is 4.27. The number of nitrogens with zero attached hydrogens (tertiary/aromatic N) is 1. The van der Waals surface area contributed by atoms with Gasteiger partial charge in [0.25, 0.3) is 0 Å². The summed E-state index contributed by atoms with van der Waals surface area (Å²) in [5.74, 6) is 0.558. The molecule has 2 N–H and O–H groups in total. The number of carbonyl (C=O) groups is 1. The van der Waals surface area contributed by atoms with E-state index in [-0.39, 0.29) is 18.1 Å². The Balaban J connectivity index is 1.60. The molecule has 1 amide bonds. The van der Waals surface area contributed by atoms with E-state index >= 15 is 0 Å². The van der Waals surface area contributed by atoms with Gasteiger partial charge in [-0.3, -0.25) is 4.79 Å². The predicted octanol–water partition coefficient (Wildman–Crippen LogP) is 1.32. The standard InChI is InChI=1S/C17H24N2O2/c1-12(20)13-6-8-19(9-7-13)17(21)16-10-14-4-2-3-5-15(14)11-18-16/h2-5,12-13,16,18,20H,6-11H2,1H3/t12-,16-/m0/s1. The zero-order valence-corrected chi connectivity index (χ0v) is 12.6. The number of hydrogen-bond donors (Lipinski definition) is 2. The number of amides is 1. The maximum atomic E-state index is 12.6. The SMILES string of the molecule is C[C@H](O)C1CCN(C(=O)[C@@H]2Cc3ccccc3CN2)CC1. The highest BCUT2D eigenvalue weighted by Crippen LogP contribution is 2.23. The van der Waals surface area contributed by atoms with Crippen molar-refractivity contribution in [1.82, 2.24) is 10.2 Å². The van der Waals surface area contributed by atoms with Crippen LogP contribution in [-0.2, 0) is 17.8 Å². The Labute approximate surface area is 126 Å². The van der Waals surface area contributed by atoms with Crippen molar-refractivity contribution in [2.24, 2.45) is 5.92 Å². The van der Waals surface area contributed by atoms with Crippen molar-refractivity contribution in [2.75, 3.05) is 13.1 Å². The zero-order valence-electron chi connectivity index (χ0n) is 12.6. The fourth-order valence-corrected chi connectivity index (χ4v) is 3.45. The van der Waals surface area contributed by atoms with Crippen LogP contribution in [0.1, 0.15) is 30.9 Å². The largest absolute Gasteiger partial charge is 0.393 e. The summed E-state index contributed by atoms with van der Waals surface area (Å²) in [5.41, 5.74) is 2.59. The van der Waals surface area contributed by atoms with Crippen LogP contribution in [0.2, 0.25) is 0 Å². The van der Waals surface area contributed by atoms with E-state index in [4.69, 9.17) is 0 Å². The molecule has 2 heterocycles. The van der Waals surface area contributed by atoms with Crippen molar-refractivity contribution >= 4 is 5.91 Å². The van der Waals surface area contributed by atoms with Crippen molar-refractivity contribution in [3.05, 3.63) is 35.4 Å². The first-order chi connectivity index (χ1) is 10.1. The molecule has 114 valence electrons. The second kappa shape index (κ2) is 6.16. The van der Waals surface area contributed by atoms with E-state index in [2.05, 4.69) is 17.4 Å². The summed E-state index contributed by atoms with van der Waals surface area (Å²) in [6.07, 6.45) is 2.34. The molecular formula is C17H24N2O2. The van der Waals surface area contributed by atoms with Crippen molar-refractivity contribution in [3.8, 4) is 0 Å². The van der Waals surface area contributed by atoms with Crippen molar-refractivity contribution in [1.29, 1.82) is 0 Å². The fourth-order valence-electron chi connectivity index (χ4n) is 3.45. The molecule has 0 radical (unpaired) electrons. The van der Waals surface area contributed by atoms with E-state index in [1.165, 1.54) is 11.1 Å². The highest BCUT2D eigenvalue weighted by molar-refractivity contribution is 5.82. The molecule has 0 aromatic heterocycles. The normalized spacial score (nSPS) is 24.5. The lowest BCUT2D eigenvalue weighted by Crippen LogP contribution is -2.52. The highest BCUT2D eigenvalue weighted by Gasteiger charge is 2.31. The number of aliphatic hydroxyl groups is 1. The number of aliphatic hydroxyl groups excluding tert-OH is 1. The van der Waals surface area contributed by atoms with E-state index < -0.39 is 0 Å². The van der Waals surface area contributed by atoms with E-state index in [0.717, 1.165) is 38.9 Å². The number of likely N-dealkylation sites (tertiary alicyclic amines) is 1. The average Bonchev–Trinajstić information content (AvgIpc) is 2.54. The second-order valence-electron chi connectivity index (χ2n) is 6.31. The first-order valence-electron chi connectivity index (χ1n) is 7.92. The van der Waals surface area contributed by atoms with Crippen molar-refractivity contribution < 1.29 is 9.90 Å². The third-order valence-electron chi connectivity index (χ3n) is 4.91. The molecule has 0 saturated carbocycles. The molecule has 3 rings (SSSR count). The first kappa shape index (κ1) is 14.5. The van der Waals surface area contributed by atoms with Gasteiger partial charge in [-0.15, -0.1) is 0 Å². The summed E-state index contributed by atoms with van der Waals surface area (Å²) >= 11 is 0. The highest BCUT2D eigenvalue weighted by atomic mass is 16.3. The van der Waals surface area contributed by atoms with Gasteiger partial charge in [0, 0.05) is 19.6 Å². The van der Waals surface area contributed by atoms with Gasteiger partial charge >= 0.3 is 0 Å². The minimum atomic E-state index is -0.262. The van der Waals surface area contributed by atoms with Crippen LogP contribution in [0.15, 0.2) is 24.3 Å². The third kappa shape index (κ3) is 3.11. The van der Waals surface area contributed by atoms with Crippen LogP contribution in [0.3, 0.4) is 0 Å². The zero-order chi connectivity index (χ0) is 14.8. The van der Waals surface area contributed by atoms with Gasteiger partial charge in [-0.05, 0) is 43.2 Å². The molecule has 2 atom stereocenters. The lowest BCUT2D eigenvalue weighted by atomic mass is 9.90. The molecule has 0 spiro atoms. The van der Waals surface area contributed by atoms with Gasteiger partial charge in [0.1, 0.15) is 0 Å². The van der Waals surface area contributed by atoms with E-state index in [1.54, 1.807) is 0 Å². The molecule has 0 aliphatic carbocycles. The summed E-state index contributed by atoms with van der Waals surface area (Å²) in [6, 6.07) is 8.24. The average molecular weight is 288 g/mol. The first-order valence-corrected chi connectivity index (χ1v) is 7.92. The van der Waals surface area contributed by atoms with Crippen molar-refractivity contribution in [2.45, 2.75) is 44.9 Å². The fraction of sp³-hybridized carbons (Fsp3) is 0.588. The molecule has 2 aliphatic heterocycles. The molecule has 1 aromatic rings. The summed E-state index contributed by atoms with van der Waals surface area (Å²) in [6.45, 7) is 4.17. The van der Waals surface area contributed by atoms with Crippen LogP contribution < -0.4 is 5.32 Å². The van der Waals surface area contributed by atoms with Gasteiger partial charge in [-0.2, -0.15) is 0 Å². The van der Waals surface area contributed by atoms with Crippen LogP contribution in [0.25, 0.3) is 0 Å². The minimum absolute atomic E-state index is 0.0944. The Morgan fingerprint density at radius 1 is 1.29 bits per heavy atom. The molecule has 4 heteroatoms. The number of piperidine rings is 1. The van der Waals surface area contributed by atoms with Gasteiger partial charge in [0.05, 0.1) is 12.1 Å². The Hall–Kier alpha value is -1.39. The van der Waals surface area contributed by atoms with Crippen LogP contribution in [0.4, 0.5) is 0 Å². The summed E-state index contributed by atoms with van der Waals surface area (Å²) in [5, 5.41) is 13.0. The molecule has 0 bridgehead atoms. The summed E-state index contributed by atoms with van der Waals surface area (Å²) in [4.78, 5) is 14.6. The lowest BCUT2D eigenvalue weighted by molar-refractivity contribution is -0.135. The second-order valence-corrected chi connectivity index (χ2v) is 6.31. The summed E-state index contributed by atoms with van der Waals surface area (Å²) < 4.78 is 0. The maximum Gasteiger partial charge on any atom is 0.240 e. The molecule has 0 unspecified atom stereocenters. The number of nitrogens with one attached hydrogen (secondary N) is 1. The Bertz CT molecular complexity index is 507. The number of hydrogen-bond acceptors (Lipinski definition) is 3.